The molecule has 0 unspecified atom stereocenters. The number of halogens is 3. The van der Waals surface area contributed by atoms with Crippen molar-refractivity contribution in [3.63, 3.8) is 0 Å². The first-order chi connectivity index (χ1) is 9.92. The van der Waals surface area contributed by atoms with Gasteiger partial charge in [0, 0.05) is 16.5 Å². The molecule has 1 amide bonds. The van der Waals surface area contributed by atoms with Crippen LogP contribution in [0.5, 0.6) is 0 Å². The quantitative estimate of drug-likeness (QED) is 0.824. The number of alkyl halides is 3. The number of carbonyl (C=O) groups is 1. The molecule has 21 heavy (non-hydrogen) atoms. The van der Waals surface area contributed by atoms with Crippen molar-refractivity contribution in [2.24, 2.45) is 11.8 Å². The van der Waals surface area contributed by atoms with E-state index in [2.05, 4.69) is 5.32 Å². The van der Waals surface area contributed by atoms with Crippen LogP contribution in [-0.4, -0.2) is 17.5 Å². The van der Waals surface area contributed by atoms with Crippen LogP contribution >= 0.6 is 11.8 Å². The van der Waals surface area contributed by atoms with Gasteiger partial charge in [-0.25, -0.2) is 0 Å². The molecule has 0 saturated heterocycles. The number of rotatable bonds is 5. The van der Waals surface area contributed by atoms with Crippen molar-refractivity contribution in [3.05, 3.63) is 29.8 Å². The molecule has 0 atom stereocenters. The van der Waals surface area contributed by atoms with Crippen molar-refractivity contribution in [1.82, 2.24) is 5.32 Å². The third kappa shape index (κ3) is 4.15. The molecule has 6 heteroatoms. The van der Waals surface area contributed by atoms with Crippen molar-refractivity contribution in [2.75, 3.05) is 0 Å². The van der Waals surface area contributed by atoms with Gasteiger partial charge in [-0.3, -0.25) is 4.79 Å². The zero-order chi connectivity index (χ0) is 15.0. The number of thioether (sulfide) groups is 1. The lowest BCUT2D eigenvalue weighted by molar-refractivity contribution is -0.0328. The summed E-state index contributed by atoms with van der Waals surface area (Å²) in [7, 11) is 0. The van der Waals surface area contributed by atoms with Gasteiger partial charge in [0.05, 0.1) is 0 Å². The molecule has 2 aliphatic carbocycles. The van der Waals surface area contributed by atoms with Crippen LogP contribution in [-0.2, 0) is 0 Å². The van der Waals surface area contributed by atoms with E-state index in [1.165, 1.54) is 49.9 Å². The van der Waals surface area contributed by atoms with Gasteiger partial charge < -0.3 is 5.32 Å². The highest BCUT2D eigenvalue weighted by Gasteiger charge is 2.42. The molecule has 3 rings (SSSR count). The first kappa shape index (κ1) is 14.8. The maximum atomic E-state index is 12.2. The summed E-state index contributed by atoms with van der Waals surface area (Å²) in [6, 6.07) is 5.86. The number of hydrogen-bond donors (Lipinski definition) is 1. The minimum Gasteiger partial charge on any atom is -0.349 e. The zero-order valence-electron chi connectivity index (χ0n) is 11.3. The van der Waals surface area contributed by atoms with Gasteiger partial charge in [0.1, 0.15) is 0 Å². The molecule has 1 aromatic rings. The van der Waals surface area contributed by atoms with Crippen LogP contribution in [0.25, 0.3) is 0 Å². The molecule has 2 saturated carbocycles. The van der Waals surface area contributed by atoms with Crippen LogP contribution in [0.1, 0.15) is 36.0 Å². The molecular formula is C15H16F3NOS. The van der Waals surface area contributed by atoms with Gasteiger partial charge in [-0.05, 0) is 73.5 Å². The van der Waals surface area contributed by atoms with Gasteiger partial charge in [0.2, 0.25) is 0 Å². The lowest BCUT2D eigenvalue weighted by atomic mass is 10.1. The Morgan fingerprint density at radius 1 is 1.10 bits per heavy atom. The summed E-state index contributed by atoms with van der Waals surface area (Å²) < 4.78 is 36.7. The van der Waals surface area contributed by atoms with E-state index in [0.29, 0.717) is 17.4 Å². The summed E-state index contributed by atoms with van der Waals surface area (Å²) >= 11 is -0.167. The number of benzene rings is 1. The third-order valence-electron chi connectivity index (χ3n) is 3.91. The summed E-state index contributed by atoms with van der Waals surface area (Å²) in [6.45, 7) is 0. The largest absolute Gasteiger partial charge is 0.446 e. The maximum absolute atomic E-state index is 12.2. The fourth-order valence-corrected chi connectivity index (χ4v) is 3.11. The molecule has 2 aliphatic rings. The Bertz CT molecular complexity index is 509. The van der Waals surface area contributed by atoms with E-state index < -0.39 is 5.51 Å². The van der Waals surface area contributed by atoms with Crippen LogP contribution in [0.4, 0.5) is 13.2 Å². The molecule has 1 aromatic carbocycles. The average Bonchev–Trinajstić information content (AvgIpc) is 3.26. The average molecular weight is 315 g/mol. The number of hydrogen-bond acceptors (Lipinski definition) is 2. The molecule has 0 aromatic heterocycles. The van der Waals surface area contributed by atoms with Gasteiger partial charge in [-0.2, -0.15) is 13.2 Å². The lowest BCUT2D eigenvalue weighted by Gasteiger charge is -2.17. The SMILES string of the molecule is O=C(NC(C1CC1)C1CC1)c1ccc(SC(F)(F)F)cc1. The molecule has 0 bridgehead atoms. The Labute approximate surface area is 125 Å². The molecule has 0 aliphatic heterocycles. The fraction of sp³-hybridized carbons (Fsp3) is 0.533. The number of nitrogens with one attached hydrogen (secondary N) is 1. The molecule has 2 nitrogen and oxygen atoms in total. The Balaban J connectivity index is 1.61. The van der Waals surface area contributed by atoms with Crippen molar-refractivity contribution < 1.29 is 18.0 Å². The normalized spacial score (nSPS) is 18.9. The van der Waals surface area contributed by atoms with Crippen molar-refractivity contribution in [2.45, 2.75) is 42.1 Å². The van der Waals surface area contributed by atoms with Crippen LogP contribution in [0.2, 0.25) is 0 Å². The van der Waals surface area contributed by atoms with Crippen LogP contribution in [0.3, 0.4) is 0 Å². The molecule has 2 fully saturated rings. The van der Waals surface area contributed by atoms with Gasteiger partial charge >= 0.3 is 5.51 Å². The topological polar surface area (TPSA) is 29.1 Å². The van der Waals surface area contributed by atoms with Gasteiger partial charge in [-0.15, -0.1) is 0 Å². The molecule has 0 heterocycles. The summed E-state index contributed by atoms with van der Waals surface area (Å²) in [4.78, 5) is 12.3. The van der Waals surface area contributed by atoms with Crippen molar-refractivity contribution in [3.8, 4) is 0 Å². The predicted octanol–water partition coefficient (Wildman–Crippen LogP) is 4.22. The summed E-state index contributed by atoms with van der Waals surface area (Å²) in [6.07, 6.45) is 4.68. The van der Waals surface area contributed by atoms with E-state index in [9.17, 15) is 18.0 Å². The molecule has 0 spiro atoms. The first-order valence-electron chi connectivity index (χ1n) is 7.09. The summed E-state index contributed by atoms with van der Waals surface area (Å²) in [5, 5.41) is 3.06. The second-order valence-corrected chi connectivity index (χ2v) is 6.88. The van der Waals surface area contributed by atoms with Gasteiger partial charge in [0.15, 0.2) is 0 Å². The fourth-order valence-electron chi connectivity index (χ4n) is 2.57. The number of carbonyl (C=O) groups excluding carboxylic acids is 1. The lowest BCUT2D eigenvalue weighted by Crippen LogP contribution is -2.38. The Morgan fingerprint density at radius 2 is 1.62 bits per heavy atom. The van der Waals surface area contributed by atoms with Gasteiger partial charge in [0.25, 0.3) is 5.91 Å². The van der Waals surface area contributed by atoms with Crippen molar-refractivity contribution >= 4 is 17.7 Å². The van der Waals surface area contributed by atoms with Gasteiger partial charge in [-0.1, -0.05) is 0 Å². The Hall–Kier alpha value is -1.17. The minimum absolute atomic E-state index is 0.0972. The predicted molar refractivity (Wildman–Crippen MR) is 75.1 cm³/mol. The first-order valence-corrected chi connectivity index (χ1v) is 7.91. The van der Waals surface area contributed by atoms with Crippen molar-refractivity contribution in [1.29, 1.82) is 0 Å². The van der Waals surface area contributed by atoms with E-state index in [1.807, 2.05) is 0 Å². The van der Waals surface area contributed by atoms with Crippen LogP contribution < -0.4 is 5.32 Å². The van der Waals surface area contributed by atoms with E-state index in [-0.39, 0.29) is 28.6 Å². The molecule has 114 valence electrons. The summed E-state index contributed by atoms with van der Waals surface area (Å²) in [5.74, 6) is 1.02. The van der Waals surface area contributed by atoms with E-state index >= 15 is 0 Å². The molecular weight excluding hydrogens is 299 g/mol. The maximum Gasteiger partial charge on any atom is 0.446 e. The number of amides is 1. The molecule has 1 N–H and O–H groups in total. The third-order valence-corrected chi connectivity index (χ3v) is 4.65. The van der Waals surface area contributed by atoms with Crippen LogP contribution in [0.15, 0.2) is 29.2 Å². The van der Waals surface area contributed by atoms with Crippen LogP contribution in [0, 0.1) is 11.8 Å². The Morgan fingerprint density at radius 3 is 2.05 bits per heavy atom. The van der Waals surface area contributed by atoms with E-state index in [0.717, 1.165) is 0 Å². The van der Waals surface area contributed by atoms with E-state index in [4.69, 9.17) is 0 Å². The standard InChI is InChI=1S/C15H16F3NOS/c16-15(17,18)21-12-7-5-11(6-8-12)14(20)19-13(9-1-2-9)10-3-4-10/h5-10,13H,1-4H2,(H,19,20). The minimum atomic E-state index is -4.30. The highest BCUT2D eigenvalue weighted by atomic mass is 32.2. The molecule has 0 radical (unpaired) electrons. The highest BCUT2D eigenvalue weighted by molar-refractivity contribution is 8.00. The Kier molecular flexibility index (Phi) is 3.90. The zero-order valence-corrected chi connectivity index (χ0v) is 12.1. The smallest absolute Gasteiger partial charge is 0.349 e. The van der Waals surface area contributed by atoms with E-state index in [1.54, 1.807) is 0 Å². The second-order valence-electron chi connectivity index (χ2n) is 5.75. The highest BCUT2D eigenvalue weighted by Crippen LogP contribution is 2.44. The second kappa shape index (κ2) is 5.55. The summed E-state index contributed by atoms with van der Waals surface area (Å²) in [5.41, 5.74) is -3.87. The monoisotopic (exact) mass is 315 g/mol.